The molecular formula is C12H20N2O. The Hall–Kier alpha value is -1.12. The molecule has 0 saturated heterocycles. The molecule has 15 heavy (non-hydrogen) atoms. The number of aromatic nitrogens is 2. The van der Waals surface area contributed by atoms with E-state index >= 15 is 0 Å². The van der Waals surface area contributed by atoms with Gasteiger partial charge in [0.25, 0.3) is 0 Å². The zero-order chi connectivity index (χ0) is 11.9. The molecule has 0 unspecified atom stereocenters. The fourth-order valence-corrected chi connectivity index (χ4v) is 1.55. The van der Waals surface area contributed by atoms with Crippen molar-refractivity contribution < 1.29 is 0 Å². The summed E-state index contributed by atoms with van der Waals surface area (Å²) in [5.41, 5.74) is 1.75. The predicted octanol–water partition coefficient (Wildman–Crippen LogP) is 2.36. The van der Waals surface area contributed by atoms with Gasteiger partial charge in [0.05, 0.1) is 0 Å². The zero-order valence-electron chi connectivity index (χ0n) is 10.4. The highest BCUT2D eigenvalue weighted by Crippen LogP contribution is 2.30. The molecule has 1 aromatic rings. The molecule has 0 saturated carbocycles. The van der Waals surface area contributed by atoms with Crippen molar-refractivity contribution in [2.45, 2.75) is 52.4 Å². The summed E-state index contributed by atoms with van der Waals surface area (Å²) in [6.07, 6.45) is 1.69. The molecule has 0 spiro atoms. The van der Waals surface area contributed by atoms with E-state index in [9.17, 15) is 4.79 Å². The van der Waals surface area contributed by atoms with Crippen LogP contribution in [0.3, 0.4) is 0 Å². The van der Waals surface area contributed by atoms with Crippen LogP contribution in [0.5, 0.6) is 0 Å². The smallest absolute Gasteiger partial charge is 0.309 e. The highest BCUT2D eigenvalue weighted by molar-refractivity contribution is 5.29. The molecule has 0 aliphatic heterocycles. The fraction of sp³-hybridized carbons (Fsp3) is 0.667. The standard InChI is InChI=1S/C12H20N2O/c1-11(2,3)8-7-13-10(15)14-9(8)12(4,5)6/h7H,1-6H3,(H,13,14,15). The minimum atomic E-state index is -0.270. The Bertz CT molecular complexity index is 405. The Morgan fingerprint density at radius 3 is 2.00 bits per heavy atom. The quantitative estimate of drug-likeness (QED) is 0.711. The molecule has 0 fully saturated rings. The highest BCUT2D eigenvalue weighted by Gasteiger charge is 2.26. The van der Waals surface area contributed by atoms with Crippen molar-refractivity contribution in [3.05, 3.63) is 27.9 Å². The van der Waals surface area contributed by atoms with E-state index in [0.29, 0.717) is 0 Å². The first kappa shape index (κ1) is 12.0. The van der Waals surface area contributed by atoms with Crippen molar-refractivity contribution in [3.8, 4) is 0 Å². The Morgan fingerprint density at radius 2 is 1.60 bits per heavy atom. The maximum atomic E-state index is 11.2. The molecule has 0 amide bonds. The van der Waals surface area contributed by atoms with E-state index in [2.05, 4.69) is 51.5 Å². The molecule has 3 heteroatoms. The second kappa shape index (κ2) is 3.47. The van der Waals surface area contributed by atoms with Gasteiger partial charge in [-0.25, -0.2) is 9.78 Å². The van der Waals surface area contributed by atoms with Crippen LogP contribution in [0.4, 0.5) is 0 Å². The van der Waals surface area contributed by atoms with Crippen molar-refractivity contribution in [1.29, 1.82) is 0 Å². The average Bonchev–Trinajstić information content (AvgIpc) is 2.00. The number of H-pyrrole nitrogens is 1. The molecule has 1 aromatic heterocycles. The van der Waals surface area contributed by atoms with Crippen LogP contribution >= 0.6 is 0 Å². The van der Waals surface area contributed by atoms with Gasteiger partial charge in [-0.3, -0.25) is 0 Å². The van der Waals surface area contributed by atoms with Gasteiger partial charge in [-0.15, -0.1) is 0 Å². The normalized spacial score (nSPS) is 12.9. The summed E-state index contributed by atoms with van der Waals surface area (Å²) in [4.78, 5) is 17.9. The van der Waals surface area contributed by atoms with E-state index in [-0.39, 0.29) is 16.5 Å². The van der Waals surface area contributed by atoms with Gasteiger partial charge in [0.15, 0.2) is 0 Å². The Labute approximate surface area is 91.0 Å². The van der Waals surface area contributed by atoms with Crippen molar-refractivity contribution in [2.75, 3.05) is 0 Å². The summed E-state index contributed by atoms with van der Waals surface area (Å²) in [6, 6.07) is 0. The van der Waals surface area contributed by atoms with Gasteiger partial charge in [0.2, 0.25) is 0 Å². The van der Waals surface area contributed by atoms with Crippen LogP contribution in [0.2, 0.25) is 0 Å². The topological polar surface area (TPSA) is 45.8 Å². The number of nitrogens with zero attached hydrogens (tertiary/aromatic N) is 1. The second-order valence-electron chi connectivity index (χ2n) is 5.98. The lowest BCUT2D eigenvalue weighted by molar-refractivity contribution is 0.507. The molecule has 84 valence electrons. The molecule has 0 aliphatic rings. The molecule has 1 N–H and O–H groups in total. The zero-order valence-corrected chi connectivity index (χ0v) is 10.4. The predicted molar refractivity (Wildman–Crippen MR) is 62.3 cm³/mol. The minimum absolute atomic E-state index is 0.000185. The van der Waals surface area contributed by atoms with Gasteiger partial charge in [-0.05, 0) is 11.0 Å². The second-order valence-corrected chi connectivity index (χ2v) is 5.98. The van der Waals surface area contributed by atoms with E-state index in [1.807, 2.05) is 0 Å². The third-order valence-electron chi connectivity index (χ3n) is 2.37. The van der Waals surface area contributed by atoms with Crippen LogP contribution < -0.4 is 5.69 Å². The lowest BCUT2D eigenvalue weighted by Crippen LogP contribution is -2.28. The van der Waals surface area contributed by atoms with Crippen LogP contribution in [0.25, 0.3) is 0 Å². The maximum Gasteiger partial charge on any atom is 0.345 e. The molecule has 1 heterocycles. The van der Waals surface area contributed by atoms with Gasteiger partial charge < -0.3 is 4.98 Å². The summed E-state index contributed by atoms with van der Waals surface area (Å²) in [6.45, 7) is 12.6. The third-order valence-corrected chi connectivity index (χ3v) is 2.37. The molecule has 0 bridgehead atoms. The van der Waals surface area contributed by atoms with Gasteiger partial charge >= 0.3 is 5.69 Å². The number of rotatable bonds is 0. The average molecular weight is 208 g/mol. The van der Waals surface area contributed by atoms with Crippen LogP contribution in [-0.2, 0) is 10.8 Å². The number of hydrogen-bond donors (Lipinski definition) is 1. The SMILES string of the molecule is CC(C)(C)c1cnc(=O)[nH]c1C(C)(C)C. The van der Waals surface area contributed by atoms with E-state index in [0.717, 1.165) is 11.3 Å². The van der Waals surface area contributed by atoms with E-state index in [1.165, 1.54) is 0 Å². The van der Waals surface area contributed by atoms with Crippen molar-refractivity contribution in [3.63, 3.8) is 0 Å². The highest BCUT2D eigenvalue weighted by atomic mass is 16.1. The minimum Gasteiger partial charge on any atom is -0.309 e. The molecule has 3 nitrogen and oxygen atoms in total. The first-order chi connectivity index (χ1) is 6.62. The monoisotopic (exact) mass is 208 g/mol. The molecule has 1 rings (SSSR count). The largest absolute Gasteiger partial charge is 0.345 e. The maximum absolute atomic E-state index is 11.2. The molecule has 0 atom stereocenters. The van der Waals surface area contributed by atoms with Crippen LogP contribution in [0, 0.1) is 0 Å². The van der Waals surface area contributed by atoms with Crippen molar-refractivity contribution in [1.82, 2.24) is 9.97 Å². The van der Waals surface area contributed by atoms with E-state index in [1.54, 1.807) is 6.20 Å². The van der Waals surface area contributed by atoms with Gasteiger partial charge in [0.1, 0.15) is 0 Å². The Balaban J connectivity index is 3.48. The Morgan fingerprint density at radius 1 is 1.07 bits per heavy atom. The van der Waals surface area contributed by atoms with Crippen LogP contribution in [0.15, 0.2) is 11.0 Å². The summed E-state index contributed by atoms with van der Waals surface area (Å²) in [5.74, 6) is 0. The lowest BCUT2D eigenvalue weighted by Gasteiger charge is -2.28. The number of nitrogens with one attached hydrogen (secondary N) is 1. The summed E-state index contributed by atoms with van der Waals surface area (Å²) >= 11 is 0. The summed E-state index contributed by atoms with van der Waals surface area (Å²) in [7, 11) is 0. The molecule has 0 aromatic carbocycles. The fourth-order valence-electron chi connectivity index (χ4n) is 1.55. The first-order valence-electron chi connectivity index (χ1n) is 5.22. The number of hydrogen-bond acceptors (Lipinski definition) is 2. The van der Waals surface area contributed by atoms with Gasteiger partial charge in [-0.2, -0.15) is 0 Å². The molecule has 0 aliphatic carbocycles. The summed E-state index contributed by atoms with van der Waals surface area (Å²) in [5, 5.41) is 0. The molecular weight excluding hydrogens is 188 g/mol. The van der Waals surface area contributed by atoms with Gasteiger partial charge in [0, 0.05) is 17.3 Å². The summed E-state index contributed by atoms with van der Waals surface area (Å²) < 4.78 is 0. The van der Waals surface area contributed by atoms with E-state index < -0.39 is 0 Å². The van der Waals surface area contributed by atoms with Crippen molar-refractivity contribution in [2.24, 2.45) is 0 Å². The first-order valence-corrected chi connectivity index (χ1v) is 5.22. The van der Waals surface area contributed by atoms with Gasteiger partial charge in [-0.1, -0.05) is 41.5 Å². The molecule has 0 radical (unpaired) electrons. The van der Waals surface area contributed by atoms with Crippen LogP contribution in [0.1, 0.15) is 52.8 Å². The van der Waals surface area contributed by atoms with Crippen LogP contribution in [-0.4, -0.2) is 9.97 Å². The number of aromatic amines is 1. The van der Waals surface area contributed by atoms with E-state index in [4.69, 9.17) is 0 Å². The third kappa shape index (κ3) is 2.67. The Kier molecular flexibility index (Phi) is 2.77. The lowest BCUT2D eigenvalue weighted by atomic mass is 9.79. The van der Waals surface area contributed by atoms with Crippen molar-refractivity contribution >= 4 is 0 Å².